The molecule has 0 radical (unpaired) electrons. The third-order valence-electron chi connectivity index (χ3n) is 5.00. The number of carbonyl (C=O) groups excluding carboxylic acids is 1. The standard InChI is InChI=1S/C19H21ClN6O3/c1-28-15-9-16(29-2)14(8-13(15)20)22-19(27)12-4-3-7-25(10-12)18-6-5-17-23-21-11-26(17)24-18/h5-6,8-9,11-12H,3-4,7,10H2,1-2H3,(H,22,27)/t12-/m1/s1. The highest BCUT2D eigenvalue weighted by Crippen LogP contribution is 2.36. The zero-order valence-corrected chi connectivity index (χ0v) is 16.9. The Kier molecular flexibility index (Phi) is 5.39. The highest BCUT2D eigenvalue weighted by molar-refractivity contribution is 6.32. The van der Waals surface area contributed by atoms with Gasteiger partial charge in [-0.05, 0) is 31.0 Å². The molecule has 0 unspecified atom stereocenters. The van der Waals surface area contributed by atoms with Crippen LogP contribution in [0.4, 0.5) is 11.5 Å². The van der Waals surface area contributed by atoms with Crippen molar-refractivity contribution in [3.05, 3.63) is 35.6 Å². The smallest absolute Gasteiger partial charge is 0.229 e. The molecule has 1 amide bonds. The summed E-state index contributed by atoms with van der Waals surface area (Å²) in [6, 6.07) is 7.06. The van der Waals surface area contributed by atoms with E-state index in [0.717, 1.165) is 25.2 Å². The minimum Gasteiger partial charge on any atom is -0.495 e. The van der Waals surface area contributed by atoms with Gasteiger partial charge < -0.3 is 19.7 Å². The third kappa shape index (κ3) is 3.91. The Morgan fingerprint density at radius 3 is 2.86 bits per heavy atom. The van der Waals surface area contributed by atoms with Gasteiger partial charge in [0.05, 0.1) is 30.8 Å². The van der Waals surface area contributed by atoms with E-state index in [1.165, 1.54) is 14.2 Å². The zero-order valence-electron chi connectivity index (χ0n) is 16.1. The second kappa shape index (κ2) is 8.12. The number of anilines is 2. The van der Waals surface area contributed by atoms with Crippen LogP contribution in [0.5, 0.6) is 11.5 Å². The van der Waals surface area contributed by atoms with Gasteiger partial charge in [0.25, 0.3) is 0 Å². The van der Waals surface area contributed by atoms with Crippen LogP contribution in [0, 0.1) is 5.92 Å². The van der Waals surface area contributed by atoms with Gasteiger partial charge in [-0.15, -0.1) is 15.3 Å². The van der Waals surface area contributed by atoms with Crippen LogP contribution in [0.15, 0.2) is 30.6 Å². The number of nitrogens with zero attached hydrogens (tertiary/aromatic N) is 5. The SMILES string of the molecule is COc1cc(OC)c(NC(=O)[C@@H]2CCCN(c3ccc4nncn4n3)C2)cc1Cl. The second-order valence-corrected chi connectivity index (χ2v) is 7.19. The molecule has 1 atom stereocenters. The summed E-state index contributed by atoms with van der Waals surface area (Å²) >= 11 is 6.21. The van der Waals surface area contributed by atoms with Crippen molar-refractivity contribution in [2.75, 3.05) is 37.5 Å². The number of hydrogen-bond donors (Lipinski definition) is 1. The number of halogens is 1. The average molecular weight is 417 g/mol. The lowest BCUT2D eigenvalue weighted by Gasteiger charge is -2.32. The second-order valence-electron chi connectivity index (χ2n) is 6.79. The molecule has 10 heteroatoms. The van der Waals surface area contributed by atoms with E-state index in [1.54, 1.807) is 23.0 Å². The predicted molar refractivity (Wildman–Crippen MR) is 109 cm³/mol. The van der Waals surface area contributed by atoms with Crippen molar-refractivity contribution >= 4 is 34.7 Å². The van der Waals surface area contributed by atoms with Crippen LogP contribution < -0.4 is 19.7 Å². The van der Waals surface area contributed by atoms with E-state index in [4.69, 9.17) is 21.1 Å². The molecule has 1 saturated heterocycles. The lowest BCUT2D eigenvalue weighted by Crippen LogP contribution is -2.41. The number of amides is 1. The summed E-state index contributed by atoms with van der Waals surface area (Å²) in [5.74, 6) is 1.50. The first kappa shape index (κ1) is 19.3. The molecule has 1 aliphatic rings. The molecular formula is C19H21ClN6O3. The van der Waals surface area contributed by atoms with E-state index in [0.29, 0.717) is 34.4 Å². The lowest BCUT2D eigenvalue weighted by atomic mass is 9.97. The van der Waals surface area contributed by atoms with Crippen molar-refractivity contribution in [2.45, 2.75) is 12.8 Å². The van der Waals surface area contributed by atoms with Crippen molar-refractivity contribution in [3.63, 3.8) is 0 Å². The number of rotatable bonds is 5. The largest absolute Gasteiger partial charge is 0.495 e. The van der Waals surface area contributed by atoms with Crippen molar-refractivity contribution in [2.24, 2.45) is 5.92 Å². The molecule has 0 saturated carbocycles. The number of carbonyl (C=O) groups is 1. The van der Waals surface area contributed by atoms with Gasteiger partial charge in [0, 0.05) is 19.2 Å². The highest BCUT2D eigenvalue weighted by atomic mass is 35.5. The summed E-state index contributed by atoms with van der Waals surface area (Å²) in [5.41, 5.74) is 1.20. The van der Waals surface area contributed by atoms with E-state index in [9.17, 15) is 4.79 Å². The molecular weight excluding hydrogens is 396 g/mol. The van der Waals surface area contributed by atoms with E-state index in [1.807, 2.05) is 12.1 Å². The summed E-state index contributed by atoms with van der Waals surface area (Å²) in [6.07, 6.45) is 3.25. The van der Waals surface area contributed by atoms with Crippen molar-refractivity contribution < 1.29 is 14.3 Å². The fourth-order valence-corrected chi connectivity index (χ4v) is 3.72. The molecule has 0 aliphatic carbocycles. The Labute approximate surface area is 172 Å². The van der Waals surface area contributed by atoms with Gasteiger partial charge in [-0.1, -0.05) is 11.6 Å². The molecule has 1 N–H and O–H groups in total. The first-order valence-electron chi connectivity index (χ1n) is 9.23. The Morgan fingerprint density at radius 1 is 1.24 bits per heavy atom. The summed E-state index contributed by atoms with van der Waals surface area (Å²) in [7, 11) is 3.06. The Bertz CT molecular complexity index is 1040. The average Bonchev–Trinajstić information content (AvgIpc) is 3.22. The van der Waals surface area contributed by atoms with Crippen LogP contribution in [-0.4, -0.2) is 53.0 Å². The lowest BCUT2D eigenvalue weighted by molar-refractivity contribution is -0.120. The minimum absolute atomic E-state index is 0.0837. The predicted octanol–water partition coefficient (Wildman–Crippen LogP) is 2.65. The molecule has 0 bridgehead atoms. The number of nitrogens with one attached hydrogen (secondary N) is 1. The third-order valence-corrected chi connectivity index (χ3v) is 5.29. The molecule has 1 aliphatic heterocycles. The molecule has 1 fully saturated rings. The summed E-state index contributed by atoms with van der Waals surface area (Å²) < 4.78 is 12.2. The highest BCUT2D eigenvalue weighted by Gasteiger charge is 2.27. The molecule has 152 valence electrons. The van der Waals surface area contributed by atoms with Crippen molar-refractivity contribution in [1.82, 2.24) is 19.8 Å². The molecule has 4 rings (SSSR count). The number of aromatic nitrogens is 4. The van der Waals surface area contributed by atoms with Crippen LogP contribution in [-0.2, 0) is 4.79 Å². The van der Waals surface area contributed by atoms with Crippen LogP contribution in [0.3, 0.4) is 0 Å². The normalized spacial score (nSPS) is 16.7. The summed E-state index contributed by atoms with van der Waals surface area (Å²) in [5, 5.41) is 15.7. The quantitative estimate of drug-likeness (QED) is 0.683. The molecule has 9 nitrogen and oxygen atoms in total. The number of fused-ring (bicyclic) bond motifs is 1. The molecule has 1 aromatic carbocycles. The number of ether oxygens (including phenoxy) is 2. The fourth-order valence-electron chi connectivity index (χ4n) is 3.48. The van der Waals surface area contributed by atoms with Gasteiger partial charge in [0.15, 0.2) is 5.65 Å². The molecule has 0 spiro atoms. The van der Waals surface area contributed by atoms with E-state index >= 15 is 0 Å². The molecule has 3 heterocycles. The van der Waals surface area contributed by atoms with Gasteiger partial charge in [0.1, 0.15) is 23.6 Å². The van der Waals surface area contributed by atoms with Crippen molar-refractivity contribution in [1.29, 1.82) is 0 Å². The van der Waals surface area contributed by atoms with E-state index < -0.39 is 0 Å². The Balaban J connectivity index is 1.49. The molecule has 2 aromatic heterocycles. The minimum atomic E-state index is -0.187. The summed E-state index contributed by atoms with van der Waals surface area (Å²) in [6.45, 7) is 1.40. The van der Waals surface area contributed by atoms with Gasteiger partial charge >= 0.3 is 0 Å². The Morgan fingerprint density at radius 2 is 2.07 bits per heavy atom. The Hall–Kier alpha value is -3.07. The van der Waals surface area contributed by atoms with Crippen molar-refractivity contribution in [3.8, 4) is 11.5 Å². The topological polar surface area (TPSA) is 93.9 Å². The maximum atomic E-state index is 12.9. The monoisotopic (exact) mass is 416 g/mol. The first-order chi connectivity index (χ1) is 14.1. The van der Waals surface area contributed by atoms with Crippen LogP contribution in [0.1, 0.15) is 12.8 Å². The molecule has 29 heavy (non-hydrogen) atoms. The van der Waals surface area contributed by atoms with Gasteiger partial charge in [-0.25, -0.2) is 0 Å². The van der Waals surface area contributed by atoms with Crippen LogP contribution in [0.2, 0.25) is 5.02 Å². The summed E-state index contributed by atoms with van der Waals surface area (Å²) in [4.78, 5) is 15.0. The molecule has 3 aromatic rings. The maximum Gasteiger partial charge on any atom is 0.229 e. The number of methoxy groups -OCH3 is 2. The van der Waals surface area contributed by atoms with E-state index in [-0.39, 0.29) is 11.8 Å². The van der Waals surface area contributed by atoms with Gasteiger partial charge in [0.2, 0.25) is 5.91 Å². The van der Waals surface area contributed by atoms with E-state index in [2.05, 4.69) is 25.5 Å². The van der Waals surface area contributed by atoms with Crippen LogP contribution >= 0.6 is 11.6 Å². The number of hydrogen-bond acceptors (Lipinski definition) is 7. The van der Waals surface area contributed by atoms with Crippen LogP contribution in [0.25, 0.3) is 5.65 Å². The maximum absolute atomic E-state index is 12.9. The van der Waals surface area contributed by atoms with Gasteiger partial charge in [-0.3, -0.25) is 4.79 Å². The number of piperidine rings is 1. The fraction of sp³-hybridized carbons (Fsp3) is 0.368. The number of benzene rings is 1. The zero-order chi connectivity index (χ0) is 20.4. The first-order valence-corrected chi connectivity index (χ1v) is 9.61. The van der Waals surface area contributed by atoms with Gasteiger partial charge in [-0.2, -0.15) is 4.52 Å².